The predicted molar refractivity (Wildman–Crippen MR) is 146 cm³/mol. The number of nitrogens with two attached hydrogens (primary N) is 1. The van der Waals surface area contributed by atoms with Crippen molar-refractivity contribution in [2.24, 2.45) is 5.73 Å². The fourth-order valence-electron chi connectivity index (χ4n) is 4.76. The first kappa shape index (κ1) is 25.8. The number of rotatable bonds is 7. The summed E-state index contributed by atoms with van der Waals surface area (Å²) in [5.74, 6) is -0.699. The molecule has 1 aromatic heterocycles. The Balaban J connectivity index is 1.34. The van der Waals surface area contributed by atoms with E-state index in [4.69, 9.17) is 15.9 Å². The number of likely N-dealkylation sites (N-methyl/N-ethyl adjacent to an activating group) is 1. The van der Waals surface area contributed by atoms with Crippen molar-refractivity contribution in [1.82, 2.24) is 25.1 Å². The molecule has 0 radical (unpaired) electrons. The number of H-pyrrole nitrogens is 1. The minimum Gasteiger partial charge on any atom is -0.394 e. The van der Waals surface area contributed by atoms with Crippen LogP contribution in [0.25, 0.3) is 16.7 Å². The summed E-state index contributed by atoms with van der Waals surface area (Å²) in [5, 5.41) is 10.5. The largest absolute Gasteiger partial charge is 0.394 e. The molecule has 38 heavy (non-hydrogen) atoms. The van der Waals surface area contributed by atoms with Crippen LogP contribution in [0.1, 0.15) is 21.7 Å². The van der Waals surface area contributed by atoms with Crippen LogP contribution in [0.15, 0.2) is 42.1 Å². The first-order chi connectivity index (χ1) is 18.4. The van der Waals surface area contributed by atoms with Crippen molar-refractivity contribution in [3.8, 4) is 0 Å². The minimum absolute atomic E-state index is 0.0769. The van der Waals surface area contributed by atoms with E-state index in [1.165, 1.54) is 12.1 Å². The number of piperazine rings is 1. The van der Waals surface area contributed by atoms with Crippen LogP contribution in [0, 0.1) is 11.2 Å². The number of morpholine rings is 1. The smallest absolute Gasteiger partial charge is 0.255 e. The molecule has 3 aromatic rings. The van der Waals surface area contributed by atoms with Crippen molar-refractivity contribution >= 4 is 34.5 Å². The van der Waals surface area contributed by atoms with Crippen molar-refractivity contribution < 1.29 is 13.9 Å². The highest BCUT2D eigenvalue weighted by molar-refractivity contribution is 6.01. The van der Waals surface area contributed by atoms with E-state index in [9.17, 15) is 9.18 Å². The van der Waals surface area contributed by atoms with Crippen molar-refractivity contribution in [3.63, 3.8) is 0 Å². The zero-order valence-electron chi connectivity index (χ0n) is 21.5. The van der Waals surface area contributed by atoms with E-state index in [0.717, 1.165) is 81.8 Å². The molecule has 3 heterocycles. The second-order valence-electron chi connectivity index (χ2n) is 9.74. The topological polar surface area (TPSA) is 127 Å². The molecule has 0 saturated carbocycles. The van der Waals surface area contributed by atoms with Gasteiger partial charge in [0.2, 0.25) is 0 Å². The van der Waals surface area contributed by atoms with Crippen LogP contribution >= 0.6 is 0 Å². The number of hydrogen-bond donors (Lipinski definition) is 4. The van der Waals surface area contributed by atoms with Gasteiger partial charge >= 0.3 is 0 Å². The number of nitrogens with zero attached hydrogens (tertiary/aromatic N) is 4. The van der Waals surface area contributed by atoms with E-state index in [0.29, 0.717) is 11.5 Å². The Bertz CT molecular complexity index is 1360. The number of ether oxygens (including phenoxy) is 1. The van der Waals surface area contributed by atoms with Gasteiger partial charge in [0.05, 0.1) is 29.9 Å². The summed E-state index contributed by atoms with van der Waals surface area (Å²) in [5.41, 5.74) is 10.0. The van der Waals surface area contributed by atoms with Gasteiger partial charge in [-0.05, 0) is 42.9 Å². The Labute approximate surface area is 220 Å². The maximum Gasteiger partial charge on any atom is 0.255 e. The van der Waals surface area contributed by atoms with Crippen LogP contribution in [0.4, 0.5) is 10.1 Å². The maximum absolute atomic E-state index is 14.4. The average Bonchev–Trinajstić information content (AvgIpc) is 3.35. The standard InChI is InChI=1S/C27H33FN8O2/c1-34-4-6-36(7-5-34)21-14-19(13-20(28)15-21)27(37)33-24(16-29)25(30)26-31-22-3-2-18(12-23(22)32-26)17-35-8-10-38-11-9-35/h2-3,12-16,29H,4-11,17,30H2,1H3,(H,31,32)(H,33,37). The number of aromatic nitrogens is 2. The van der Waals surface area contributed by atoms with Gasteiger partial charge in [-0.2, -0.15) is 0 Å². The first-order valence-corrected chi connectivity index (χ1v) is 12.7. The summed E-state index contributed by atoms with van der Waals surface area (Å²) in [6.45, 7) is 7.30. The Kier molecular flexibility index (Phi) is 7.68. The fourth-order valence-corrected chi connectivity index (χ4v) is 4.76. The number of hydrogen-bond acceptors (Lipinski definition) is 8. The third-order valence-electron chi connectivity index (χ3n) is 7.01. The van der Waals surface area contributed by atoms with Crippen LogP contribution in [0.3, 0.4) is 0 Å². The molecule has 0 unspecified atom stereocenters. The van der Waals surface area contributed by atoms with Gasteiger partial charge in [-0.3, -0.25) is 9.69 Å². The summed E-state index contributed by atoms with van der Waals surface area (Å²) < 4.78 is 19.9. The monoisotopic (exact) mass is 520 g/mol. The zero-order valence-corrected chi connectivity index (χ0v) is 21.5. The Morgan fingerprint density at radius 1 is 1.16 bits per heavy atom. The van der Waals surface area contributed by atoms with Crippen LogP contribution in [0.2, 0.25) is 0 Å². The van der Waals surface area contributed by atoms with E-state index < -0.39 is 11.7 Å². The molecule has 10 nitrogen and oxygen atoms in total. The number of anilines is 1. The fraction of sp³-hybridized carbons (Fsp3) is 0.370. The number of imidazole rings is 1. The van der Waals surface area contributed by atoms with Crippen molar-refractivity contribution in [1.29, 1.82) is 5.41 Å². The van der Waals surface area contributed by atoms with E-state index in [2.05, 4.69) is 30.0 Å². The van der Waals surface area contributed by atoms with E-state index in [1.54, 1.807) is 6.07 Å². The third kappa shape index (κ3) is 5.85. The molecule has 0 bridgehead atoms. The summed E-state index contributed by atoms with van der Waals surface area (Å²) in [7, 11) is 2.05. The SMILES string of the molecule is CN1CCN(c2cc(F)cc(C(=O)NC(C=N)=C(N)c3nc4ccc(CN5CCOCC5)cc4[nH]3)c2)CC1. The number of carbonyl (C=O) groups is 1. The minimum atomic E-state index is -0.551. The van der Waals surface area contributed by atoms with Crippen LogP contribution < -0.4 is 16.0 Å². The van der Waals surface area contributed by atoms with Crippen molar-refractivity contribution in [2.45, 2.75) is 6.54 Å². The Morgan fingerprint density at radius 2 is 1.92 bits per heavy atom. The van der Waals surface area contributed by atoms with Gasteiger partial charge in [-0.25, -0.2) is 9.37 Å². The number of amides is 1. The van der Waals surface area contributed by atoms with Gasteiger partial charge in [-0.1, -0.05) is 6.07 Å². The van der Waals surface area contributed by atoms with E-state index in [-0.39, 0.29) is 17.0 Å². The predicted octanol–water partition coefficient (Wildman–Crippen LogP) is 1.99. The molecule has 1 amide bonds. The molecule has 0 aliphatic carbocycles. The summed E-state index contributed by atoms with van der Waals surface area (Å²) in [4.78, 5) is 27.4. The molecular weight excluding hydrogens is 487 g/mol. The molecule has 2 aliphatic rings. The molecule has 0 atom stereocenters. The van der Waals surface area contributed by atoms with Gasteiger partial charge < -0.3 is 36.0 Å². The second-order valence-corrected chi connectivity index (χ2v) is 9.74. The van der Waals surface area contributed by atoms with E-state index in [1.807, 2.05) is 25.2 Å². The molecule has 0 spiro atoms. The molecule has 11 heteroatoms. The first-order valence-electron chi connectivity index (χ1n) is 12.7. The maximum atomic E-state index is 14.4. The number of fused-ring (bicyclic) bond motifs is 1. The van der Waals surface area contributed by atoms with Crippen molar-refractivity contribution in [3.05, 3.63) is 64.9 Å². The molecule has 2 fully saturated rings. The quantitative estimate of drug-likeness (QED) is 0.351. The molecule has 2 aliphatic heterocycles. The van der Waals surface area contributed by atoms with Gasteiger partial charge in [0.1, 0.15) is 11.5 Å². The number of halogens is 1. The molecular formula is C27H33FN8O2. The Morgan fingerprint density at radius 3 is 2.66 bits per heavy atom. The van der Waals surface area contributed by atoms with Crippen molar-refractivity contribution in [2.75, 3.05) is 64.4 Å². The molecule has 5 N–H and O–H groups in total. The normalized spacial score (nSPS) is 17.9. The molecule has 2 aromatic carbocycles. The van der Waals surface area contributed by atoms with E-state index >= 15 is 0 Å². The third-order valence-corrected chi connectivity index (χ3v) is 7.01. The lowest BCUT2D eigenvalue weighted by Crippen LogP contribution is -2.44. The lowest BCUT2D eigenvalue weighted by atomic mass is 10.1. The molecule has 200 valence electrons. The highest BCUT2D eigenvalue weighted by atomic mass is 19.1. The zero-order chi connectivity index (χ0) is 26.6. The van der Waals surface area contributed by atoms with Crippen LogP contribution in [-0.4, -0.2) is 91.4 Å². The second kappa shape index (κ2) is 11.3. The van der Waals surface area contributed by atoms with Gasteiger partial charge in [0.15, 0.2) is 5.82 Å². The summed E-state index contributed by atoms with van der Waals surface area (Å²) >= 11 is 0. The Hall–Kier alpha value is -3.80. The lowest BCUT2D eigenvalue weighted by Gasteiger charge is -2.34. The number of aromatic amines is 1. The van der Waals surface area contributed by atoms with Gasteiger partial charge in [0, 0.05) is 63.3 Å². The lowest BCUT2D eigenvalue weighted by molar-refractivity contribution is 0.0342. The summed E-state index contributed by atoms with van der Waals surface area (Å²) in [6, 6.07) is 10.3. The van der Waals surface area contributed by atoms with Gasteiger partial charge in [0.25, 0.3) is 5.91 Å². The highest BCUT2D eigenvalue weighted by Gasteiger charge is 2.19. The molecule has 2 saturated heterocycles. The number of nitrogens with one attached hydrogen (secondary N) is 3. The average molecular weight is 521 g/mol. The number of allylic oxidation sites excluding steroid dienone is 1. The number of carbonyl (C=O) groups excluding carboxylic acids is 1. The summed E-state index contributed by atoms with van der Waals surface area (Å²) in [6.07, 6.45) is 0.963. The van der Waals surface area contributed by atoms with Crippen LogP contribution in [0.5, 0.6) is 0 Å². The number of benzene rings is 2. The molecule has 5 rings (SSSR count). The van der Waals surface area contributed by atoms with Crippen LogP contribution in [-0.2, 0) is 11.3 Å². The highest BCUT2D eigenvalue weighted by Crippen LogP contribution is 2.22. The van der Waals surface area contributed by atoms with Gasteiger partial charge in [-0.15, -0.1) is 0 Å².